The van der Waals surface area contributed by atoms with Crippen molar-refractivity contribution in [2.45, 2.75) is 26.9 Å². The van der Waals surface area contributed by atoms with E-state index in [-0.39, 0.29) is 5.57 Å². The molecule has 8 heteroatoms. The average molecular weight is 435 g/mol. The van der Waals surface area contributed by atoms with Crippen LogP contribution in [0.4, 0.5) is 5.13 Å². The Balaban J connectivity index is 1.74. The molecular formula is C23H22N4O3S. The number of hydrogen-bond acceptors (Lipinski definition) is 7. The lowest BCUT2D eigenvalue weighted by Gasteiger charge is -2.12. The first-order valence-corrected chi connectivity index (χ1v) is 10.5. The highest BCUT2D eigenvalue weighted by molar-refractivity contribution is 7.15. The first kappa shape index (κ1) is 22.0. The number of nitriles is 1. The van der Waals surface area contributed by atoms with E-state index in [2.05, 4.69) is 21.6 Å². The number of anilines is 1. The number of aromatic nitrogens is 2. The highest BCUT2D eigenvalue weighted by atomic mass is 32.1. The number of rotatable bonds is 8. The molecule has 1 amide bonds. The molecule has 1 heterocycles. The molecule has 2 aromatic carbocycles. The minimum Gasteiger partial charge on any atom is -0.493 e. The third-order valence-corrected chi connectivity index (χ3v) is 5.31. The Labute approximate surface area is 185 Å². The maximum Gasteiger partial charge on any atom is 0.268 e. The van der Waals surface area contributed by atoms with Gasteiger partial charge in [0.05, 0.1) is 7.11 Å². The Morgan fingerprint density at radius 1 is 1.23 bits per heavy atom. The van der Waals surface area contributed by atoms with Crippen molar-refractivity contribution >= 4 is 28.5 Å². The number of ether oxygens (including phenoxy) is 2. The van der Waals surface area contributed by atoms with Gasteiger partial charge in [-0.05, 0) is 42.7 Å². The molecule has 0 radical (unpaired) electrons. The molecule has 0 aliphatic carbocycles. The van der Waals surface area contributed by atoms with Crippen molar-refractivity contribution in [3.8, 4) is 17.6 Å². The van der Waals surface area contributed by atoms with Gasteiger partial charge in [0.2, 0.25) is 5.13 Å². The van der Waals surface area contributed by atoms with E-state index in [1.165, 1.54) is 17.4 Å². The van der Waals surface area contributed by atoms with E-state index < -0.39 is 5.91 Å². The summed E-state index contributed by atoms with van der Waals surface area (Å²) >= 11 is 1.28. The fourth-order valence-electron chi connectivity index (χ4n) is 2.78. The van der Waals surface area contributed by atoms with Crippen molar-refractivity contribution in [2.24, 2.45) is 0 Å². The highest BCUT2D eigenvalue weighted by Crippen LogP contribution is 2.30. The summed E-state index contributed by atoms with van der Waals surface area (Å²) in [5.74, 6) is 0.543. The predicted molar refractivity (Wildman–Crippen MR) is 120 cm³/mol. The van der Waals surface area contributed by atoms with Crippen molar-refractivity contribution in [3.63, 3.8) is 0 Å². The fourth-order valence-corrected chi connectivity index (χ4v) is 3.46. The lowest BCUT2D eigenvalue weighted by molar-refractivity contribution is -0.112. The van der Waals surface area contributed by atoms with Crippen molar-refractivity contribution < 1.29 is 14.3 Å². The molecule has 0 bridgehead atoms. The monoisotopic (exact) mass is 434 g/mol. The lowest BCUT2D eigenvalue weighted by atomic mass is 10.1. The van der Waals surface area contributed by atoms with E-state index in [4.69, 9.17) is 9.47 Å². The molecule has 7 nitrogen and oxygen atoms in total. The second-order valence-corrected chi connectivity index (χ2v) is 7.73. The Kier molecular flexibility index (Phi) is 7.35. The third-order valence-electron chi connectivity index (χ3n) is 4.33. The smallest absolute Gasteiger partial charge is 0.268 e. The molecule has 0 saturated carbocycles. The molecule has 0 spiro atoms. The molecule has 0 aliphatic heterocycles. The van der Waals surface area contributed by atoms with Crippen LogP contribution < -0.4 is 14.8 Å². The fraction of sp³-hybridized carbons (Fsp3) is 0.217. The van der Waals surface area contributed by atoms with Crippen LogP contribution in [-0.4, -0.2) is 23.2 Å². The van der Waals surface area contributed by atoms with E-state index in [1.54, 1.807) is 25.3 Å². The molecule has 3 rings (SSSR count). The maximum absolute atomic E-state index is 12.4. The number of methoxy groups -OCH3 is 1. The zero-order valence-corrected chi connectivity index (χ0v) is 18.3. The van der Waals surface area contributed by atoms with Crippen LogP contribution in [0.2, 0.25) is 0 Å². The molecule has 0 saturated heterocycles. The van der Waals surface area contributed by atoms with Gasteiger partial charge in [-0.15, -0.1) is 10.2 Å². The summed E-state index contributed by atoms with van der Waals surface area (Å²) in [6.45, 7) is 4.39. The molecule has 158 valence electrons. The van der Waals surface area contributed by atoms with Crippen molar-refractivity contribution in [1.29, 1.82) is 5.26 Å². The molecule has 1 N–H and O–H groups in total. The van der Waals surface area contributed by atoms with Gasteiger partial charge >= 0.3 is 0 Å². The van der Waals surface area contributed by atoms with E-state index in [0.717, 1.165) is 22.6 Å². The summed E-state index contributed by atoms with van der Waals surface area (Å²) in [6.07, 6.45) is 2.22. The zero-order chi connectivity index (χ0) is 22.2. The van der Waals surface area contributed by atoms with Crippen LogP contribution >= 0.6 is 11.3 Å². The topological polar surface area (TPSA) is 97.1 Å². The SMILES string of the molecule is CCc1nnc(NC(=O)/C(C#N)=C/c2ccc(OCc3cccc(C)c3)c(OC)c2)s1. The molecule has 31 heavy (non-hydrogen) atoms. The Bertz CT molecular complexity index is 1150. The van der Waals surface area contributed by atoms with Crippen molar-refractivity contribution in [2.75, 3.05) is 12.4 Å². The summed E-state index contributed by atoms with van der Waals surface area (Å²) in [4.78, 5) is 12.4. The Morgan fingerprint density at radius 3 is 2.74 bits per heavy atom. The Morgan fingerprint density at radius 2 is 2.06 bits per heavy atom. The van der Waals surface area contributed by atoms with Gasteiger partial charge in [-0.3, -0.25) is 10.1 Å². The summed E-state index contributed by atoms with van der Waals surface area (Å²) in [7, 11) is 1.54. The summed E-state index contributed by atoms with van der Waals surface area (Å²) in [5, 5.41) is 21.1. The van der Waals surface area contributed by atoms with E-state index in [0.29, 0.717) is 28.8 Å². The molecule has 0 aliphatic rings. The van der Waals surface area contributed by atoms with Gasteiger partial charge in [-0.1, -0.05) is 54.2 Å². The quantitative estimate of drug-likeness (QED) is 0.413. The standard InChI is InChI=1S/C23H22N4O3S/c1-4-21-26-27-23(31-21)25-22(28)18(13-24)11-16-8-9-19(20(12-16)29-3)30-14-17-7-5-6-15(2)10-17/h5-12H,4,14H2,1-3H3,(H,25,27,28)/b18-11+. The number of amides is 1. The average Bonchev–Trinajstić information content (AvgIpc) is 3.23. The van der Waals surface area contributed by atoms with Gasteiger partial charge in [-0.25, -0.2) is 0 Å². The van der Waals surface area contributed by atoms with Crippen LogP contribution in [-0.2, 0) is 17.8 Å². The van der Waals surface area contributed by atoms with Crippen molar-refractivity contribution in [3.05, 3.63) is 69.7 Å². The number of nitrogens with one attached hydrogen (secondary N) is 1. The summed E-state index contributed by atoms with van der Waals surface area (Å²) in [5.41, 5.74) is 2.80. The molecular weight excluding hydrogens is 412 g/mol. The van der Waals surface area contributed by atoms with Gasteiger partial charge in [0, 0.05) is 0 Å². The van der Waals surface area contributed by atoms with Gasteiger partial charge < -0.3 is 9.47 Å². The first-order valence-electron chi connectivity index (χ1n) is 9.64. The Hall–Kier alpha value is -3.70. The normalized spacial score (nSPS) is 11.0. The number of carbonyl (C=O) groups is 1. The van der Waals surface area contributed by atoms with E-state index in [1.807, 2.05) is 38.1 Å². The molecule has 3 aromatic rings. The van der Waals surface area contributed by atoms with Crippen LogP contribution in [0.25, 0.3) is 6.08 Å². The second kappa shape index (κ2) is 10.4. The number of carbonyl (C=O) groups excluding carboxylic acids is 1. The van der Waals surface area contributed by atoms with Crippen LogP contribution in [0.5, 0.6) is 11.5 Å². The molecule has 0 unspecified atom stereocenters. The number of nitrogens with zero attached hydrogens (tertiary/aromatic N) is 3. The van der Waals surface area contributed by atoms with Gasteiger partial charge in [0.25, 0.3) is 5.91 Å². The lowest BCUT2D eigenvalue weighted by Crippen LogP contribution is -2.13. The van der Waals surface area contributed by atoms with E-state index >= 15 is 0 Å². The third kappa shape index (κ3) is 5.90. The van der Waals surface area contributed by atoms with Crippen LogP contribution in [0, 0.1) is 18.3 Å². The van der Waals surface area contributed by atoms with E-state index in [9.17, 15) is 10.1 Å². The predicted octanol–water partition coefficient (Wildman–Crippen LogP) is 4.54. The van der Waals surface area contributed by atoms with Crippen LogP contribution in [0.3, 0.4) is 0 Å². The summed E-state index contributed by atoms with van der Waals surface area (Å²) in [6, 6.07) is 15.2. The minimum absolute atomic E-state index is 0.0521. The minimum atomic E-state index is -0.542. The summed E-state index contributed by atoms with van der Waals surface area (Å²) < 4.78 is 11.3. The maximum atomic E-state index is 12.4. The first-order chi connectivity index (χ1) is 15.0. The van der Waals surface area contributed by atoms with Gasteiger partial charge in [-0.2, -0.15) is 5.26 Å². The van der Waals surface area contributed by atoms with Crippen LogP contribution in [0.15, 0.2) is 48.0 Å². The number of benzene rings is 2. The van der Waals surface area contributed by atoms with Gasteiger partial charge in [0.1, 0.15) is 23.3 Å². The zero-order valence-electron chi connectivity index (χ0n) is 17.5. The number of hydrogen-bond donors (Lipinski definition) is 1. The van der Waals surface area contributed by atoms with Gasteiger partial charge in [0.15, 0.2) is 11.5 Å². The highest BCUT2D eigenvalue weighted by Gasteiger charge is 2.13. The second-order valence-electron chi connectivity index (χ2n) is 6.67. The number of aryl methyl sites for hydroxylation is 2. The molecule has 1 aromatic heterocycles. The van der Waals surface area contributed by atoms with Crippen LogP contribution in [0.1, 0.15) is 28.6 Å². The van der Waals surface area contributed by atoms with Crippen molar-refractivity contribution in [1.82, 2.24) is 10.2 Å². The molecule has 0 atom stereocenters. The molecule has 0 fully saturated rings. The largest absolute Gasteiger partial charge is 0.493 e.